The van der Waals surface area contributed by atoms with Gasteiger partial charge < -0.3 is 20.2 Å². The molecule has 3 aliphatic heterocycles. The standard InChI is InChI=1S/C16H21N3O2/c1-20-14-4-3-11(10-15(14)21-2)9-13-16(18-17)12-5-7-19(13)8-6-12/h3-4,9-10,12H,5-8,17H2,1-2H3/b13-9+,18-16?. The van der Waals surface area contributed by atoms with Gasteiger partial charge in [0.2, 0.25) is 0 Å². The zero-order chi connectivity index (χ0) is 14.8. The fraction of sp³-hybridized carbons (Fsp3) is 0.438. The van der Waals surface area contributed by atoms with E-state index in [9.17, 15) is 0 Å². The monoisotopic (exact) mass is 287 g/mol. The van der Waals surface area contributed by atoms with Crippen LogP contribution in [-0.2, 0) is 0 Å². The number of hydrazone groups is 1. The van der Waals surface area contributed by atoms with E-state index in [1.807, 2.05) is 18.2 Å². The minimum atomic E-state index is 0.506. The van der Waals surface area contributed by atoms with E-state index in [0.717, 1.165) is 54.4 Å². The van der Waals surface area contributed by atoms with Crippen molar-refractivity contribution in [2.24, 2.45) is 16.9 Å². The zero-order valence-electron chi connectivity index (χ0n) is 12.5. The van der Waals surface area contributed by atoms with Crippen molar-refractivity contribution in [2.45, 2.75) is 12.8 Å². The van der Waals surface area contributed by atoms with Crippen LogP contribution < -0.4 is 15.3 Å². The summed E-state index contributed by atoms with van der Waals surface area (Å²) in [5.74, 6) is 7.58. The van der Waals surface area contributed by atoms with Crippen molar-refractivity contribution in [1.29, 1.82) is 0 Å². The van der Waals surface area contributed by atoms with Crippen LogP contribution in [0.4, 0.5) is 0 Å². The van der Waals surface area contributed by atoms with Gasteiger partial charge in [-0.3, -0.25) is 0 Å². The van der Waals surface area contributed by atoms with Gasteiger partial charge >= 0.3 is 0 Å². The van der Waals surface area contributed by atoms with Crippen molar-refractivity contribution in [3.8, 4) is 11.5 Å². The maximum atomic E-state index is 5.61. The predicted molar refractivity (Wildman–Crippen MR) is 83.4 cm³/mol. The fourth-order valence-corrected chi connectivity index (χ4v) is 3.20. The molecule has 0 unspecified atom stereocenters. The Morgan fingerprint density at radius 3 is 2.52 bits per heavy atom. The number of hydrogen-bond acceptors (Lipinski definition) is 5. The van der Waals surface area contributed by atoms with Gasteiger partial charge in [0, 0.05) is 19.0 Å². The lowest BCUT2D eigenvalue weighted by Crippen LogP contribution is -2.46. The molecule has 3 aliphatic rings. The molecular formula is C16H21N3O2. The molecule has 0 amide bonds. The smallest absolute Gasteiger partial charge is 0.161 e. The number of hydrogen-bond donors (Lipinski definition) is 1. The summed E-state index contributed by atoms with van der Waals surface area (Å²) in [4.78, 5) is 2.36. The second kappa shape index (κ2) is 5.68. The molecule has 0 spiro atoms. The Bertz CT molecular complexity index is 587. The molecule has 2 N–H and O–H groups in total. The summed E-state index contributed by atoms with van der Waals surface area (Å²) in [6.45, 7) is 2.17. The zero-order valence-corrected chi connectivity index (χ0v) is 12.5. The summed E-state index contributed by atoms with van der Waals surface area (Å²) in [6, 6.07) is 5.91. The molecular weight excluding hydrogens is 266 g/mol. The average Bonchev–Trinajstić information content (AvgIpc) is 2.55. The Labute approximate surface area is 125 Å². The molecule has 5 heteroatoms. The van der Waals surface area contributed by atoms with Gasteiger partial charge in [0.05, 0.1) is 25.6 Å². The SMILES string of the molecule is COc1ccc(/C=C2\C(=NN)C3CCN2CC3)cc1OC. The van der Waals surface area contributed by atoms with Crippen LogP contribution in [0.15, 0.2) is 29.0 Å². The number of nitrogens with zero attached hydrogens (tertiary/aromatic N) is 2. The molecule has 0 atom stereocenters. The van der Waals surface area contributed by atoms with E-state index in [1.165, 1.54) is 0 Å². The molecule has 1 aromatic rings. The van der Waals surface area contributed by atoms with Crippen LogP contribution in [0.2, 0.25) is 0 Å². The summed E-state index contributed by atoms with van der Waals surface area (Å²) < 4.78 is 10.6. The molecule has 1 aromatic carbocycles. The highest BCUT2D eigenvalue weighted by Crippen LogP contribution is 2.34. The van der Waals surface area contributed by atoms with Gasteiger partial charge in [-0.05, 0) is 36.6 Å². The van der Waals surface area contributed by atoms with Crippen LogP contribution in [0, 0.1) is 5.92 Å². The Kier molecular flexibility index (Phi) is 3.73. The molecule has 21 heavy (non-hydrogen) atoms. The number of nitrogens with two attached hydrogens (primary N) is 1. The molecule has 0 radical (unpaired) electrons. The average molecular weight is 287 g/mol. The quantitative estimate of drug-likeness (QED) is 0.683. The van der Waals surface area contributed by atoms with Gasteiger partial charge in [-0.25, -0.2) is 0 Å². The van der Waals surface area contributed by atoms with Crippen LogP contribution in [0.25, 0.3) is 6.08 Å². The summed E-state index contributed by atoms with van der Waals surface area (Å²) in [6.07, 6.45) is 4.44. The first-order chi connectivity index (χ1) is 10.3. The minimum Gasteiger partial charge on any atom is -0.493 e. The molecule has 5 nitrogen and oxygen atoms in total. The first-order valence-electron chi connectivity index (χ1n) is 7.23. The Morgan fingerprint density at radius 2 is 1.90 bits per heavy atom. The minimum absolute atomic E-state index is 0.506. The van der Waals surface area contributed by atoms with Crippen molar-refractivity contribution < 1.29 is 9.47 Å². The van der Waals surface area contributed by atoms with Crippen LogP contribution in [0.5, 0.6) is 11.5 Å². The fourth-order valence-electron chi connectivity index (χ4n) is 3.20. The number of methoxy groups -OCH3 is 2. The Morgan fingerprint density at radius 1 is 1.19 bits per heavy atom. The molecule has 112 valence electrons. The lowest BCUT2D eigenvalue weighted by molar-refractivity contribution is 0.242. The summed E-state index contributed by atoms with van der Waals surface area (Å²) in [7, 11) is 3.29. The molecule has 2 bridgehead atoms. The van der Waals surface area contributed by atoms with Gasteiger partial charge in [0.1, 0.15) is 0 Å². The van der Waals surface area contributed by atoms with Crippen LogP contribution in [-0.4, -0.2) is 37.9 Å². The number of fused-ring (bicyclic) bond motifs is 3. The number of ether oxygens (including phenoxy) is 2. The van der Waals surface area contributed by atoms with Crippen molar-refractivity contribution in [2.75, 3.05) is 27.3 Å². The molecule has 3 heterocycles. The van der Waals surface area contributed by atoms with Crippen molar-refractivity contribution in [1.82, 2.24) is 4.90 Å². The molecule has 4 rings (SSSR count). The third kappa shape index (κ3) is 2.44. The first-order valence-corrected chi connectivity index (χ1v) is 7.23. The predicted octanol–water partition coefficient (Wildman–Crippen LogP) is 2.08. The number of piperidine rings is 3. The normalized spacial score (nSPS) is 22.1. The van der Waals surface area contributed by atoms with Crippen molar-refractivity contribution >= 4 is 11.8 Å². The molecule has 0 aliphatic carbocycles. The van der Waals surface area contributed by atoms with Gasteiger partial charge in [-0.1, -0.05) is 6.07 Å². The maximum absolute atomic E-state index is 5.61. The van der Waals surface area contributed by atoms with Gasteiger partial charge in [-0.15, -0.1) is 0 Å². The van der Waals surface area contributed by atoms with E-state index < -0.39 is 0 Å². The summed E-state index contributed by atoms with van der Waals surface area (Å²) in [5, 5.41) is 4.03. The maximum Gasteiger partial charge on any atom is 0.161 e. The highest BCUT2D eigenvalue weighted by atomic mass is 16.5. The van der Waals surface area contributed by atoms with E-state index in [2.05, 4.69) is 16.1 Å². The third-order valence-electron chi connectivity index (χ3n) is 4.33. The van der Waals surface area contributed by atoms with Crippen molar-refractivity contribution in [3.05, 3.63) is 29.5 Å². The lowest BCUT2D eigenvalue weighted by atomic mass is 9.83. The Balaban J connectivity index is 1.97. The molecule has 0 aromatic heterocycles. The van der Waals surface area contributed by atoms with Crippen LogP contribution in [0.3, 0.4) is 0 Å². The van der Waals surface area contributed by atoms with Crippen LogP contribution >= 0.6 is 0 Å². The van der Waals surface area contributed by atoms with Gasteiger partial charge in [-0.2, -0.15) is 5.10 Å². The highest BCUT2D eigenvalue weighted by Gasteiger charge is 2.34. The van der Waals surface area contributed by atoms with Gasteiger partial charge in [0.15, 0.2) is 11.5 Å². The molecule has 0 saturated carbocycles. The molecule has 3 saturated heterocycles. The topological polar surface area (TPSA) is 60.1 Å². The first kappa shape index (κ1) is 13.8. The summed E-state index contributed by atoms with van der Waals surface area (Å²) >= 11 is 0. The van der Waals surface area contributed by atoms with Crippen molar-refractivity contribution in [3.63, 3.8) is 0 Å². The number of rotatable bonds is 3. The molecule has 3 fully saturated rings. The second-order valence-electron chi connectivity index (χ2n) is 5.42. The van der Waals surface area contributed by atoms with E-state index in [-0.39, 0.29) is 0 Å². The van der Waals surface area contributed by atoms with E-state index in [0.29, 0.717) is 5.92 Å². The number of benzene rings is 1. The lowest BCUT2D eigenvalue weighted by Gasteiger charge is -2.43. The van der Waals surface area contributed by atoms with Crippen LogP contribution in [0.1, 0.15) is 18.4 Å². The third-order valence-corrected chi connectivity index (χ3v) is 4.33. The Hall–Kier alpha value is -2.17. The summed E-state index contributed by atoms with van der Waals surface area (Å²) in [5.41, 5.74) is 3.24. The van der Waals surface area contributed by atoms with E-state index in [4.69, 9.17) is 15.3 Å². The highest BCUT2D eigenvalue weighted by molar-refractivity contribution is 6.05. The van der Waals surface area contributed by atoms with E-state index in [1.54, 1.807) is 14.2 Å². The largest absolute Gasteiger partial charge is 0.493 e. The second-order valence-corrected chi connectivity index (χ2v) is 5.42. The number of allylic oxidation sites excluding steroid dienone is 1. The van der Waals surface area contributed by atoms with Gasteiger partial charge in [0.25, 0.3) is 0 Å². The van der Waals surface area contributed by atoms with E-state index >= 15 is 0 Å².